The molecule has 0 amide bonds. The molecule has 0 bridgehead atoms. The van der Waals surface area contributed by atoms with Gasteiger partial charge in [0.1, 0.15) is 23.0 Å². The normalized spacial score (nSPS) is 12.0. The van der Waals surface area contributed by atoms with E-state index in [4.69, 9.17) is 4.74 Å². The highest BCUT2D eigenvalue weighted by Crippen LogP contribution is 2.38. The van der Waals surface area contributed by atoms with E-state index in [9.17, 15) is 26.3 Å². The van der Waals surface area contributed by atoms with Gasteiger partial charge < -0.3 is 14.2 Å². The van der Waals surface area contributed by atoms with Crippen LogP contribution in [0.1, 0.15) is 0 Å². The minimum Gasteiger partial charge on any atom is -0.455 e. The fraction of sp³-hybridized carbons (Fsp3) is 0.143. The third-order valence-electron chi connectivity index (χ3n) is 2.49. The largest absolute Gasteiger partial charge is 0.573 e. The Balaban J connectivity index is 2.17. The summed E-state index contributed by atoms with van der Waals surface area (Å²) in [5, 5.41) is 0. The molecule has 0 aliphatic carbocycles. The Morgan fingerprint density at radius 3 is 1.28 bits per heavy atom. The van der Waals surface area contributed by atoms with Crippen LogP contribution >= 0.6 is 31.9 Å². The standard InChI is InChI=1S/C14H6Br2F6O3/c15-9-5-7(24-13(17,18)19)1-3-11(9)23-12-4-2-8(6-10(12)16)25-14(20,21)22/h1-6H. The fourth-order valence-corrected chi connectivity index (χ4v) is 2.52. The Labute approximate surface area is 153 Å². The molecule has 0 unspecified atom stereocenters. The average Bonchev–Trinajstić information content (AvgIpc) is 2.40. The second-order valence-electron chi connectivity index (χ2n) is 4.38. The third-order valence-corrected chi connectivity index (χ3v) is 3.73. The van der Waals surface area contributed by atoms with Crippen LogP contribution in [0.2, 0.25) is 0 Å². The van der Waals surface area contributed by atoms with E-state index >= 15 is 0 Å². The van der Waals surface area contributed by atoms with Crippen molar-refractivity contribution in [2.24, 2.45) is 0 Å². The molecule has 0 aliphatic rings. The number of rotatable bonds is 4. The van der Waals surface area contributed by atoms with Crippen LogP contribution in [0.25, 0.3) is 0 Å². The van der Waals surface area contributed by atoms with Gasteiger partial charge in [-0.2, -0.15) is 0 Å². The van der Waals surface area contributed by atoms with E-state index < -0.39 is 24.2 Å². The van der Waals surface area contributed by atoms with Gasteiger partial charge in [0.2, 0.25) is 0 Å². The van der Waals surface area contributed by atoms with Gasteiger partial charge in [0.05, 0.1) is 8.95 Å². The first kappa shape index (κ1) is 19.7. The predicted octanol–water partition coefficient (Wildman–Crippen LogP) is 6.80. The molecule has 0 aliphatic heterocycles. The van der Waals surface area contributed by atoms with Crippen LogP contribution in [0.5, 0.6) is 23.0 Å². The van der Waals surface area contributed by atoms with Crippen LogP contribution in [0, 0.1) is 0 Å². The summed E-state index contributed by atoms with van der Waals surface area (Å²) in [4.78, 5) is 0. The molecule has 2 rings (SSSR count). The van der Waals surface area contributed by atoms with Gasteiger partial charge in [-0.3, -0.25) is 0 Å². The Kier molecular flexibility index (Phi) is 5.77. The lowest BCUT2D eigenvalue weighted by Crippen LogP contribution is -2.17. The SMILES string of the molecule is FC(F)(F)Oc1ccc(Oc2ccc(OC(F)(F)F)cc2Br)c(Br)c1. The first-order chi connectivity index (χ1) is 11.4. The molecule has 136 valence electrons. The maximum Gasteiger partial charge on any atom is 0.573 e. The van der Waals surface area contributed by atoms with Crippen LogP contribution in [-0.2, 0) is 0 Å². The minimum absolute atomic E-state index is 0.125. The Morgan fingerprint density at radius 1 is 0.640 bits per heavy atom. The highest BCUT2D eigenvalue weighted by atomic mass is 79.9. The average molecular weight is 496 g/mol. The second kappa shape index (κ2) is 7.32. The highest BCUT2D eigenvalue weighted by Gasteiger charge is 2.32. The van der Waals surface area contributed by atoms with Gasteiger partial charge in [0.25, 0.3) is 0 Å². The molecule has 2 aromatic carbocycles. The molecule has 0 saturated carbocycles. The lowest BCUT2D eigenvalue weighted by atomic mass is 10.3. The maximum atomic E-state index is 12.2. The molecule has 0 atom stereocenters. The molecule has 0 spiro atoms. The molecule has 11 heteroatoms. The number of ether oxygens (including phenoxy) is 3. The van der Waals surface area contributed by atoms with Crippen molar-refractivity contribution in [3.8, 4) is 23.0 Å². The summed E-state index contributed by atoms with van der Waals surface area (Å²) in [6.45, 7) is 0. The summed E-state index contributed by atoms with van der Waals surface area (Å²) < 4.78 is 86.2. The van der Waals surface area contributed by atoms with E-state index in [0.717, 1.165) is 24.3 Å². The molecular weight excluding hydrogens is 490 g/mol. The van der Waals surface area contributed by atoms with E-state index in [-0.39, 0.29) is 20.4 Å². The monoisotopic (exact) mass is 494 g/mol. The van der Waals surface area contributed by atoms with Crippen LogP contribution < -0.4 is 14.2 Å². The zero-order chi connectivity index (χ0) is 18.8. The summed E-state index contributed by atoms with van der Waals surface area (Å²) in [6.07, 6.45) is -9.67. The smallest absolute Gasteiger partial charge is 0.455 e. The van der Waals surface area contributed by atoms with Crippen molar-refractivity contribution < 1.29 is 40.6 Å². The van der Waals surface area contributed by atoms with E-state index in [1.165, 1.54) is 12.1 Å². The zero-order valence-electron chi connectivity index (χ0n) is 11.7. The van der Waals surface area contributed by atoms with E-state index in [2.05, 4.69) is 41.3 Å². The molecule has 3 nitrogen and oxygen atoms in total. The van der Waals surface area contributed by atoms with Crippen LogP contribution in [0.4, 0.5) is 26.3 Å². The van der Waals surface area contributed by atoms with Gasteiger partial charge in [-0.15, -0.1) is 26.3 Å². The quantitative estimate of drug-likeness (QED) is 0.436. The number of benzene rings is 2. The Morgan fingerprint density at radius 2 is 1.00 bits per heavy atom. The molecule has 2 aromatic rings. The van der Waals surface area contributed by atoms with E-state index in [1.54, 1.807) is 0 Å². The molecule has 0 aromatic heterocycles. The number of hydrogen-bond donors (Lipinski definition) is 0. The van der Waals surface area contributed by atoms with Crippen molar-refractivity contribution in [2.75, 3.05) is 0 Å². The minimum atomic E-state index is -4.83. The van der Waals surface area contributed by atoms with E-state index in [0.29, 0.717) is 0 Å². The van der Waals surface area contributed by atoms with Crippen molar-refractivity contribution in [3.05, 3.63) is 45.3 Å². The maximum absolute atomic E-state index is 12.2. The molecule has 25 heavy (non-hydrogen) atoms. The van der Waals surface area contributed by atoms with Crippen LogP contribution in [-0.4, -0.2) is 12.7 Å². The van der Waals surface area contributed by atoms with Gasteiger partial charge in [-0.25, -0.2) is 0 Å². The molecule has 0 fully saturated rings. The molecule has 0 heterocycles. The van der Waals surface area contributed by atoms with Gasteiger partial charge >= 0.3 is 12.7 Å². The second-order valence-corrected chi connectivity index (χ2v) is 6.09. The Hall–Kier alpha value is -1.62. The summed E-state index contributed by atoms with van der Waals surface area (Å²) in [5.41, 5.74) is 0. The van der Waals surface area contributed by atoms with Crippen molar-refractivity contribution in [1.82, 2.24) is 0 Å². The van der Waals surface area contributed by atoms with Crippen LogP contribution in [0.15, 0.2) is 45.3 Å². The first-order valence-corrected chi connectivity index (χ1v) is 7.80. The predicted molar refractivity (Wildman–Crippen MR) is 81.7 cm³/mol. The summed E-state index contributed by atoms with van der Waals surface area (Å²) in [6, 6.07) is 6.55. The van der Waals surface area contributed by atoms with Crippen molar-refractivity contribution in [3.63, 3.8) is 0 Å². The number of hydrogen-bond acceptors (Lipinski definition) is 3. The van der Waals surface area contributed by atoms with Gasteiger partial charge in [-0.1, -0.05) is 0 Å². The lowest BCUT2D eigenvalue weighted by molar-refractivity contribution is -0.275. The van der Waals surface area contributed by atoms with Gasteiger partial charge in [0, 0.05) is 0 Å². The topological polar surface area (TPSA) is 27.7 Å². The number of alkyl halides is 6. The summed E-state index contributed by atoms with van der Waals surface area (Å²) >= 11 is 6.06. The zero-order valence-corrected chi connectivity index (χ0v) is 14.9. The van der Waals surface area contributed by atoms with Crippen LogP contribution in [0.3, 0.4) is 0 Å². The highest BCUT2D eigenvalue weighted by molar-refractivity contribution is 9.11. The van der Waals surface area contributed by atoms with Crippen molar-refractivity contribution in [2.45, 2.75) is 12.7 Å². The molecule has 0 radical (unpaired) electrons. The molecule has 0 N–H and O–H groups in total. The van der Waals surface area contributed by atoms with Gasteiger partial charge in [-0.05, 0) is 68.3 Å². The third kappa shape index (κ3) is 6.31. The first-order valence-electron chi connectivity index (χ1n) is 6.21. The molecular formula is C14H6Br2F6O3. The Bertz CT molecular complexity index is 698. The van der Waals surface area contributed by atoms with Crippen molar-refractivity contribution >= 4 is 31.9 Å². The lowest BCUT2D eigenvalue weighted by Gasteiger charge is -2.14. The fourth-order valence-electron chi connectivity index (χ4n) is 1.64. The molecule has 0 saturated heterocycles. The van der Waals surface area contributed by atoms with Gasteiger partial charge in [0.15, 0.2) is 0 Å². The van der Waals surface area contributed by atoms with Crippen molar-refractivity contribution in [1.29, 1.82) is 0 Å². The van der Waals surface area contributed by atoms with E-state index in [1.807, 2.05) is 0 Å². The summed E-state index contributed by atoms with van der Waals surface area (Å²) in [5.74, 6) is -0.668. The number of halogens is 8. The summed E-state index contributed by atoms with van der Waals surface area (Å²) in [7, 11) is 0.